The van der Waals surface area contributed by atoms with Crippen LogP contribution in [0.3, 0.4) is 0 Å². The lowest BCUT2D eigenvalue weighted by Crippen LogP contribution is -2.78. The molecule has 0 aromatic rings. The summed E-state index contributed by atoms with van der Waals surface area (Å²) in [6.07, 6.45) is 2.53. The zero-order chi connectivity index (χ0) is 14.3. The van der Waals surface area contributed by atoms with Gasteiger partial charge in [-0.3, -0.25) is 14.5 Å². The van der Waals surface area contributed by atoms with Gasteiger partial charge < -0.3 is 15.4 Å². The van der Waals surface area contributed by atoms with E-state index in [-0.39, 0.29) is 28.8 Å². The predicted molar refractivity (Wildman–Crippen MR) is 69.4 cm³/mol. The molecule has 6 heteroatoms. The first kappa shape index (κ1) is 14.0. The fourth-order valence-electron chi connectivity index (χ4n) is 2.83. The molecule has 106 valence electrons. The fourth-order valence-corrected chi connectivity index (χ4v) is 2.83. The Hall–Kier alpha value is -1.43. The van der Waals surface area contributed by atoms with Gasteiger partial charge in [-0.2, -0.15) is 0 Å². The Morgan fingerprint density at radius 1 is 1.11 bits per heavy atom. The third-order valence-electron chi connectivity index (χ3n) is 4.44. The van der Waals surface area contributed by atoms with Gasteiger partial charge in [-0.1, -0.05) is 13.8 Å². The first-order valence-corrected chi connectivity index (χ1v) is 6.65. The second-order valence-electron chi connectivity index (χ2n) is 5.87. The molecule has 2 spiro atoms. The van der Waals surface area contributed by atoms with Crippen molar-refractivity contribution < 1.29 is 14.4 Å². The molecule has 19 heavy (non-hydrogen) atoms. The number of carbonyl (C=O) groups is 3. The van der Waals surface area contributed by atoms with Gasteiger partial charge in [-0.05, 0) is 19.9 Å². The number of β-lactam (4-membered cyclic amide) rings is 2. The van der Waals surface area contributed by atoms with Gasteiger partial charge in [0.15, 0.2) is 0 Å². The average molecular weight is 267 g/mol. The Morgan fingerprint density at radius 2 is 1.47 bits per heavy atom. The third-order valence-corrected chi connectivity index (χ3v) is 4.44. The second kappa shape index (κ2) is 4.59. The lowest BCUT2D eigenvalue weighted by Gasteiger charge is -2.50. The number of nitrogens with one attached hydrogen (secondary N) is 2. The summed E-state index contributed by atoms with van der Waals surface area (Å²) in [5.41, 5.74) is -0.754. The van der Waals surface area contributed by atoms with Crippen molar-refractivity contribution in [3.63, 3.8) is 0 Å². The average Bonchev–Trinajstić information content (AvgIpc) is 2.73. The Morgan fingerprint density at radius 3 is 1.58 bits per heavy atom. The fraction of sp³-hybridized carbons (Fsp3) is 0.769. The Balaban J connectivity index is 0.000000232. The topological polar surface area (TPSA) is 78.5 Å². The highest BCUT2D eigenvalue weighted by atomic mass is 16.2. The second-order valence-corrected chi connectivity index (χ2v) is 5.87. The van der Waals surface area contributed by atoms with E-state index in [4.69, 9.17) is 0 Å². The number of aldehydes is 1. The highest BCUT2D eigenvalue weighted by molar-refractivity contribution is 5.98. The molecule has 3 aliphatic rings. The van der Waals surface area contributed by atoms with E-state index < -0.39 is 0 Å². The number of hydrogen-bond donors (Lipinski definition) is 2. The Bertz CT molecular complexity index is 391. The molecule has 0 aromatic heterocycles. The zero-order valence-electron chi connectivity index (χ0n) is 11.7. The minimum atomic E-state index is -0.377. The first-order valence-electron chi connectivity index (χ1n) is 6.65. The van der Waals surface area contributed by atoms with Crippen LogP contribution in [0.4, 0.5) is 0 Å². The molecule has 0 aromatic carbocycles. The van der Waals surface area contributed by atoms with Crippen LogP contribution < -0.4 is 10.6 Å². The highest BCUT2D eigenvalue weighted by Crippen LogP contribution is 2.45. The van der Waals surface area contributed by atoms with Crippen LogP contribution in [0.15, 0.2) is 0 Å². The summed E-state index contributed by atoms with van der Waals surface area (Å²) in [6, 6.07) is 0. The molecule has 3 fully saturated rings. The molecule has 2 atom stereocenters. The minimum Gasteiger partial charge on any atom is -0.352 e. The van der Waals surface area contributed by atoms with Crippen molar-refractivity contribution in [1.29, 1.82) is 0 Å². The monoisotopic (exact) mass is 267 g/mol. The van der Waals surface area contributed by atoms with E-state index in [2.05, 4.69) is 10.6 Å². The zero-order valence-corrected chi connectivity index (χ0v) is 11.7. The van der Waals surface area contributed by atoms with Gasteiger partial charge in [-0.25, -0.2) is 0 Å². The van der Waals surface area contributed by atoms with Crippen LogP contribution >= 0.6 is 0 Å². The molecule has 0 radical (unpaired) electrons. The molecule has 2 unspecified atom stereocenters. The van der Waals surface area contributed by atoms with E-state index >= 15 is 0 Å². The number of carbonyl (C=O) groups excluding carboxylic acids is 3. The lowest BCUT2D eigenvalue weighted by molar-refractivity contribution is -0.152. The third kappa shape index (κ3) is 1.85. The summed E-state index contributed by atoms with van der Waals surface area (Å²) < 4.78 is 0. The smallest absolute Gasteiger partial charge is 0.242 e. The summed E-state index contributed by atoms with van der Waals surface area (Å²) in [6.45, 7) is 5.09. The van der Waals surface area contributed by atoms with Gasteiger partial charge in [0.1, 0.15) is 17.4 Å². The van der Waals surface area contributed by atoms with Crippen molar-refractivity contribution in [2.75, 3.05) is 20.1 Å². The number of likely N-dealkylation sites (N-methyl/N-ethyl adjacent to an activating group) is 1. The number of nitrogens with zero attached hydrogens (tertiary/aromatic N) is 1. The molecule has 3 aliphatic heterocycles. The molecule has 0 bridgehead atoms. The van der Waals surface area contributed by atoms with Crippen molar-refractivity contribution in [2.45, 2.75) is 37.8 Å². The summed E-state index contributed by atoms with van der Waals surface area (Å²) in [7, 11) is 1.89. The van der Waals surface area contributed by atoms with E-state index in [1.165, 1.54) is 0 Å². The van der Waals surface area contributed by atoms with Crippen LogP contribution in [-0.2, 0) is 14.4 Å². The molecule has 3 saturated heterocycles. The Kier molecular flexibility index (Phi) is 3.38. The molecular formula is C13H21N3O3. The molecule has 3 heterocycles. The van der Waals surface area contributed by atoms with Crippen LogP contribution in [0, 0.1) is 5.92 Å². The van der Waals surface area contributed by atoms with Crippen molar-refractivity contribution in [3.05, 3.63) is 0 Å². The molecule has 2 N–H and O–H groups in total. The van der Waals surface area contributed by atoms with Crippen LogP contribution in [0.5, 0.6) is 0 Å². The van der Waals surface area contributed by atoms with E-state index in [1.807, 2.05) is 25.8 Å². The van der Waals surface area contributed by atoms with Crippen LogP contribution in [-0.4, -0.2) is 54.2 Å². The normalized spacial score (nSPS) is 36.2. The maximum absolute atomic E-state index is 11.5. The molecule has 3 rings (SSSR count). The highest BCUT2D eigenvalue weighted by Gasteiger charge is 2.66. The molecule has 2 amide bonds. The van der Waals surface area contributed by atoms with E-state index in [0.29, 0.717) is 13.1 Å². The lowest BCUT2D eigenvalue weighted by atomic mass is 9.88. The molecule has 0 aliphatic carbocycles. The number of hydrogen-bond acceptors (Lipinski definition) is 4. The number of likely N-dealkylation sites (tertiary alicyclic amines) is 1. The SMILES string of the molecule is CC(C)C=O.CN1C2(CCC13CNC3=O)CNC2=O. The minimum absolute atomic E-state index is 0.0802. The number of amides is 2. The van der Waals surface area contributed by atoms with Crippen LogP contribution in [0.1, 0.15) is 26.7 Å². The van der Waals surface area contributed by atoms with Gasteiger partial charge in [0.05, 0.1) is 0 Å². The van der Waals surface area contributed by atoms with E-state index in [9.17, 15) is 14.4 Å². The van der Waals surface area contributed by atoms with Gasteiger partial charge in [0, 0.05) is 19.0 Å². The van der Waals surface area contributed by atoms with Crippen molar-refractivity contribution >= 4 is 18.1 Å². The summed E-state index contributed by atoms with van der Waals surface area (Å²) in [5, 5.41) is 5.52. The van der Waals surface area contributed by atoms with Crippen molar-refractivity contribution in [2.24, 2.45) is 5.92 Å². The number of rotatable bonds is 1. The van der Waals surface area contributed by atoms with Crippen molar-refractivity contribution in [3.8, 4) is 0 Å². The predicted octanol–water partition coefficient (Wildman–Crippen LogP) is -0.709. The largest absolute Gasteiger partial charge is 0.352 e. The maximum atomic E-state index is 11.5. The Labute approximate surface area is 112 Å². The van der Waals surface area contributed by atoms with Crippen LogP contribution in [0.25, 0.3) is 0 Å². The molecule has 0 saturated carbocycles. The van der Waals surface area contributed by atoms with Gasteiger partial charge >= 0.3 is 0 Å². The van der Waals surface area contributed by atoms with Gasteiger partial charge in [0.25, 0.3) is 0 Å². The van der Waals surface area contributed by atoms with E-state index in [1.54, 1.807) is 0 Å². The standard InChI is InChI=1S/C9H13N3O2.C4H8O/c1-12-8(4-10-6(8)13)2-3-9(12)5-11-7(9)14;1-4(2)3-5/h2-5H2,1H3,(H,10,13)(H,11,14);3-4H,1-2H3. The van der Waals surface area contributed by atoms with Gasteiger partial charge in [-0.15, -0.1) is 0 Å². The van der Waals surface area contributed by atoms with Gasteiger partial charge in [0.2, 0.25) is 11.8 Å². The quantitative estimate of drug-likeness (QED) is 0.486. The summed E-state index contributed by atoms with van der Waals surface area (Å²) >= 11 is 0. The van der Waals surface area contributed by atoms with Crippen molar-refractivity contribution in [1.82, 2.24) is 15.5 Å². The summed E-state index contributed by atoms with van der Waals surface area (Å²) in [5.74, 6) is 0.364. The molecule has 6 nitrogen and oxygen atoms in total. The maximum Gasteiger partial charge on any atom is 0.242 e. The molecular weight excluding hydrogens is 246 g/mol. The first-order chi connectivity index (χ1) is 8.89. The van der Waals surface area contributed by atoms with Crippen LogP contribution in [0.2, 0.25) is 0 Å². The van der Waals surface area contributed by atoms with E-state index in [0.717, 1.165) is 19.1 Å². The summed E-state index contributed by atoms with van der Waals surface area (Å²) in [4.78, 5) is 34.5.